The molecule has 17 heavy (non-hydrogen) atoms. The maximum absolute atomic E-state index is 12.1. The van der Waals surface area contributed by atoms with Crippen LogP contribution < -0.4 is 0 Å². The molecular formula is C13H16BrF3. The minimum Gasteiger partial charge on any atom is -0.171 e. The van der Waals surface area contributed by atoms with Gasteiger partial charge in [0.25, 0.3) is 0 Å². The predicted molar refractivity (Wildman–Crippen MR) is 67.4 cm³/mol. The number of hydrogen-bond acceptors (Lipinski definition) is 0. The Balaban J connectivity index is 2.54. The van der Waals surface area contributed by atoms with E-state index < -0.39 is 12.6 Å². The highest BCUT2D eigenvalue weighted by atomic mass is 79.9. The quantitative estimate of drug-likeness (QED) is 0.637. The summed E-state index contributed by atoms with van der Waals surface area (Å²) in [6.45, 7) is 2.10. The first kappa shape index (κ1) is 14.6. The van der Waals surface area contributed by atoms with Gasteiger partial charge in [0.2, 0.25) is 0 Å². The van der Waals surface area contributed by atoms with Crippen molar-refractivity contribution in [1.82, 2.24) is 0 Å². The van der Waals surface area contributed by atoms with E-state index in [9.17, 15) is 13.2 Å². The summed E-state index contributed by atoms with van der Waals surface area (Å²) in [5.41, 5.74) is 2.14. The van der Waals surface area contributed by atoms with Crippen molar-refractivity contribution in [3.63, 3.8) is 0 Å². The van der Waals surface area contributed by atoms with Crippen molar-refractivity contribution in [2.45, 2.75) is 43.6 Å². The van der Waals surface area contributed by atoms with Gasteiger partial charge >= 0.3 is 6.18 Å². The van der Waals surface area contributed by atoms with E-state index in [1.165, 1.54) is 5.56 Å². The Labute approximate surface area is 108 Å². The molecule has 1 aromatic rings. The molecule has 0 aromatic heterocycles. The van der Waals surface area contributed by atoms with E-state index in [1.54, 1.807) is 0 Å². The highest BCUT2D eigenvalue weighted by Crippen LogP contribution is 2.32. The van der Waals surface area contributed by atoms with Gasteiger partial charge in [0.15, 0.2) is 0 Å². The van der Waals surface area contributed by atoms with E-state index in [0.717, 1.165) is 18.4 Å². The summed E-state index contributed by atoms with van der Waals surface area (Å²) in [4.78, 5) is -0.222. The molecule has 0 saturated carbocycles. The molecule has 0 amide bonds. The topological polar surface area (TPSA) is 0 Å². The van der Waals surface area contributed by atoms with Crippen LogP contribution in [0.1, 0.15) is 42.1 Å². The van der Waals surface area contributed by atoms with Gasteiger partial charge in [-0.25, -0.2) is 0 Å². The Bertz CT molecular complexity index is 330. The minimum atomic E-state index is -4.08. The van der Waals surface area contributed by atoms with Crippen molar-refractivity contribution in [3.8, 4) is 0 Å². The molecule has 0 saturated heterocycles. The van der Waals surface area contributed by atoms with Crippen molar-refractivity contribution < 1.29 is 13.2 Å². The summed E-state index contributed by atoms with van der Waals surface area (Å²) < 4.78 is 36.2. The van der Waals surface area contributed by atoms with Crippen molar-refractivity contribution in [2.24, 2.45) is 0 Å². The van der Waals surface area contributed by atoms with Gasteiger partial charge in [0.05, 0.1) is 0 Å². The van der Waals surface area contributed by atoms with Crippen LogP contribution in [0.4, 0.5) is 13.2 Å². The number of aryl methyl sites for hydroxylation is 1. The highest BCUT2D eigenvalue weighted by molar-refractivity contribution is 9.09. The zero-order valence-electron chi connectivity index (χ0n) is 9.73. The number of hydrogen-bond donors (Lipinski definition) is 0. The zero-order valence-corrected chi connectivity index (χ0v) is 11.3. The third kappa shape index (κ3) is 5.57. The molecule has 0 aliphatic rings. The van der Waals surface area contributed by atoms with Crippen LogP contribution in [0.25, 0.3) is 0 Å². The SMILES string of the molecule is CCCc1ccc(C(Br)CCC(F)(F)F)cc1. The van der Waals surface area contributed by atoms with Crippen molar-refractivity contribution in [1.29, 1.82) is 0 Å². The van der Waals surface area contributed by atoms with Crippen molar-refractivity contribution in [3.05, 3.63) is 35.4 Å². The summed E-state index contributed by atoms with van der Waals surface area (Å²) >= 11 is 3.30. The lowest BCUT2D eigenvalue weighted by atomic mass is 10.0. The van der Waals surface area contributed by atoms with E-state index in [-0.39, 0.29) is 11.2 Å². The van der Waals surface area contributed by atoms with Crippen LogP contribution in [0.5, 0.6) is 0 Å². The fourth-order valence-electron chi connectivity index (χ4n) is 1.64. The van der Waals surface area contributed by atoms with Crippen molar-refractivity contribution >= 4 is 15.9 Å². The fourth-order valence-corrected chi connectivity index (χ4v) is 2.17. The molecule has 1 aromatic carbocycles. The van der Waals surface area contributed by atoms with Gasteiger partial charge in [-0.1, -0.05) is 53.5 Å². The number of benzene rings is 1. The summed E-state index contributed by atoms with van der Waals surface area (Å²) in [6, 6.07) is 7.78. The van der Waals surface area contributed by atoms with E-state index in [2.05, 4.69) is 22.9 Å². The summed E-state index contributed by atoms with van der Waals surface area (Å²) in [5.74, 6) is 0. The van der Waals surface area contributed by atoms with Gasteiger partial charge in [0.1, 0.15) is 0 Å². The van der Waals surface area contributed by atoms with E-state index in [1.807, 2.05) is 24.3 Å². The smallest absolute Gasteiger partial charge is 0.171 e. The van der Waals surface area contributed by atoms with E-state index in [0.29, 0.717) is 0 Å². The highest BCUT2D eigenvalue weighted by Gasteiger charge is 2.27. The molecule has 0 fully saturated rings. The lowest BCUT2D eigenvalue weighted by Crippen LogP contribution is -2.08. The molecule has 96 valence electrons. The Morgan fingerprint density at radius 3 is 2.24 bits per heavy atom. The second-order valence-corrected chi connectivity index (χ2v) is 5.22. The average molecular weight is 309 g/mol. The van der Waals surface area contributed by atoms with Crippen LogP contribution in [0.3, 0.4) is 0 Å². The average Bonchev–Trinajstić information content (AvgIpc) is 2.26. The summed E-state index contributed by atoms with van der Waals surface area (Å²) in [7, 11) is 0. The lowest BCUT2D eigenvalue weighted by molar-refractivity contribution is -0.135. The van der Waals surface area contributed by atoms with Gasteiger partial charge < -0.3 is 0 Å². The number of rotatable bonds is 5. The summed E-state index contributed by atoms with van der Waals surface area (Å²) in [6.07, 6.45) is -2.66. The third-order valence-electron chi connectivity index (χ3n) is 2.56. The van der Waals surface area contributed by atoms with Gasteiger partial charge in [-0.3, -0.25) is 0 Å². The first-order valence-corrected chi connectivity index (χ1v) is 6.63. The molecular weight excluding hydrogens is 293 g/mol. The fraction of sp³-hybridized carbons (Fsp3) is 0.538. The Morgan fingerprint density at radius 2 is 1.76 bits per heavy atom. The van der Waals surface area contributed by atoms with Gasteiger partial charge in [-0.15, -0.1) is 0 Å². The van der Waals surface area contributed by atoms with E-state index >= 15 is 0 Å². The predicted octanol–water partition coefficient (Wildman–Crippen LogP) is 5.42. The monoisotopic (exact) mass is 308 g/mol. The Hall–Kier alpha value is -0.510. The third-order valence-corrected chi connectivity index (χ3v) is 3.55. The second-order valence-electron chi connectivity index (χ2n) is 4.11. The molecule has 0 radical (unpaired) electrons. The van der Waals surface area contributed by atoms with Gasteiger partial charge in [-0.2, -0.15) is 13.2 Å². The normalized spacial score (nSPS) is 13.7. The van der Waals surface area contributed by atoms with Crippen LogP contribution in [0, 0.1) is 0 Å². The molecule has 0 bridgehead atoms. The van der Waals surface area contributed by atoms with Crippen molar-refractivity contribution in [2.75, 3.05) is 0 Å². The second kappa shape index (κ2) is 6.43. The molecule has 1 unspecified atom stereocenters. The summed E-state index contributed by atoms with van der Waals surface area (Å²) in [5, 5.41) is 0. The standard InChI is InChI=1S/C13H16BrF3/c1-2-3-10-4-6-11(7-5-10)12(14)8-9-13(15,16)17/h4-7,12H,2-3,8-9H2,1H3. The molecule has 0 heterocycles. The molecule has 0 aliphatic carbocycles. The zero-order chi connectivity index (χ0) is 12.9. The number of alkyl halides is 4. The first-order chi connectivity index (χ1) is 7.92. The van der Waals surface area contributed by atoms with E-state index in [4.69, 9.17) is 0 Å². The first-order valence-electron chi connectivity index (χ1n) is 5.72. The largest absolute Gasteiger partial charge is 0.389 e. The molecule has 0 aliphatic heterocycles. The van der Waals surface area contributed by atoms with Crippen LogP contribution in [-0.4, -0.2) is 6.18 Å². The van der Waals surface area contributed by atoms with Gasteiger partial charge in [-0.05, 0) is 24.0 Å². The lowest BCUT2D eigenvalue weighted by Gasteiger charge is -2.12. The molecule has 1 atom stereocenters. The molecule has 0 nitrogen and oxygen atoms in total. The molecule has 0 N–H and O–H groups in total. The maximum atomic E-state index is 12.1. The number of halogens is 4. The van der Waals surface area contributed by atoms with Crippen LogP contribution in [-0.2, 0) is 6.42 Å². The molecule has 4 heteroatoms. The molecule has 1 rings (SSSR count). The van der Waals surface area contributed by atoms with Gasteiger partial charge in [0, 0.05) is 11.2 Å². The Kier molecular flexibility index (Phi) is 5.50. The molecule has 0 spiro atoms. The van der Waals surface area contributed by atoms with Crippen LogP contribution in [0.15, 0.2) is 24.3 Å². The Morgan fingerprint density at radius 1 is 1.18 bits per heavy atom. The van der Waals surface area contributed by atoms with Crippen LogP contribution in [0.2, 0.25) is 0 Å². The maximum Gasteiger partial charge on any atom is 0.389 e. The van der Waals surface area contributed by atoms with Crippen LogP contribution >= 0.6 is 15.9 Å². The minimum absolute atomic E-state index is 0.0800.